The molecule has 0 aliphatic heterocycles. The molecule has 0 atom stereocenters. The summed E-state index contributed by atoms with van der Waals surface area (Å²) < 4.78 is 45.7. The van der Waals surface area contributed by atoms with Crippen molar-refractivity contribution >= 4 is 22.4 Å². The number of alkyl halides is 3. The van der Waals surface area contributed by atoms with Crippen LogP contribution in [0.3, 0.4) is 0 Å². The Bertz CT molecular complexity index is 967. The number of aromatic nitrogens is 2. The van der Waals surface area contributed by atoms with Gasteiger partial charge in [0.05, 0.1) is 29.5 Å². The van der Waals surface area contributed by atoms with Crippen LogP contribution in [0.1, 0.15) is 5.56 Å². The van der Waals surface area contributed by atoms with Crippen molar-refractivity contribution in [2.45, 2.75) is 12.7 Å². The number of nitrogens with two attached hydrogens (primary N) is 1. The van der Waals surface area contributed by atoms with Crippen LogP contribution in [0, 0.1) is 0 Å². The molecule has 9 heteroatoms. The maximum Gasteiger partial charge on any atom is 0.416 e. The van der Waals surface area contributed by atoms with Gasteiger partial charge >= 0.3 is 6.18 Å². The van der Waals surface area contributed by atoms with Crippen LogP contribution in [-0.4, -0.2) is 29.0 Å². The highest BCUT2D eigenvalue weighted by atomic mass is 19.4. The van der Waals surface area contributed by atoms with Gasteiger partial charge in [-0.05, 0) is 36.4 Å². The van der Waals surface area contributed by atoms with Gasteiger partial charge in [-0.1, -0.05) is 11.2 Å². The monoisotopic (exact) mass is 378 g/mol. The SMILES string of the molecule is CON=C(COc1cccc(C(F)(F)F)c1)Cn1cnc2cc(N)ccc21. The summed E-state index contributed by atoms with van der Waals surface area (Å²) in [5.41, 5.74) is 7.62. The van der Waals surface area contributed by atoms with Gasteiger partial charge < -0.3 is 19.9 Å². The lowest BCUT2D eigenvalue weighted by Gasteiger charge is -2.12. The third-order valence-electron chi connectivity index (χ3n) is 3.79. The zero-order valence-electron chi connectivity index (χ0n) is 14.4. The number of ether oxygens (including phenoxy) is 1. The van der Waals surface area contributed by atoms with Gasteiger partial charge in [-0.15, -0.1) is 0 Å². The Kier molecular flexibility index (Phi) is 5.20. The molecular weight excluding hydrogens is 361 g/mol. The van der Waals surface area contributed by atoms with Gasteiger partial charge in [0.2, 0.25) is 0 Å². The molecule has 27 heavy (non-hydrogen) atoms. The van der Waals surface area contributed by atoms with Gasteiger partial charge in [-0.25, -0.2) is 4.98 Å². The summed E-state index contributed by atoms with van der Waals surface area (Å²) >= 11 is 0. The van der Waals surface area contributed by atoms with E-state index in [9.17, 15) is 13.2 Å². The second-order valence-electron chi connectivity index (χ2n) is 5.77. The molecule has 142 valence electrons. The molecule has 1 aromatic heterocycles. The summed E-state index contributed by atoms with van der Waals surface area (Å²) in [4.78, 5) is 9.10. The molecular formula is C18H17F3N4O2. The molecule has 0 aliphatic carbocycles. The topological polar surface area (TPSA) is 74.7 Å². The van der Waals surface area contributed by atoms with Crippen molar-refractivity contribution in [3.8, 4) is 5.75 Å². The van der Waals surface area contributed by atoms with Crippen LogP contribution in [0.4, 0.5) is 18.9 Å². The normalized spacial score (nSPS) is 12.4. The lowest BCUT2D eigenvalue weighted by Crippen LogP contribution is -2.18. The first-order valence-corrected chi connectivity index (χ1v) is 7.96. The quantitative estimate of drug-likeness (QED) is 0.403. The molecule has 0 radical (unpaired) electrons. The van der Waals surface area contributed by atoms with E-state index in [1.54, 1.807) is 18.5 Å². The number of nitrogens with zero attached hydrogens (tertiary/aromatic N) is 3. The fourth-order valence-corrected chi connectivity index (χ4v) is 2.56. The first-order chi connectivity index (χ1) is 12.9. The standard InChI is InChI=1S/C18H17F3N4O2/c1-26-24-14(9-25-11-23-16-8-13(22)5-6-17(16)25)10-27-15-4-2-3-12(7-15)18(19,20)21/h2-8,11H,9-10,22H2,1H3. The van der Waals surface area contributed by atoms with Crippen LogP contribution < -0.4 is 10.5 Å². The Hall–Kier alpha value is -3.23. The van der Waals surface area contributed by atoms with Crippen molar-refractivity contribution in [2.24, 2.45) is 5.16 Å². The van der Waals surface area contributed by atoms with Crippen LogP contribution in [0.15, 0.2) is 53.9 Å². The first kappa shape index (κ1) is 18.6. The smallest absolute Gasteiger partial charge is 0.416 e. The van der Waals surface area contributed by atoms with Crippen molar-refractivity contribution in [1.82, 2.24) is 9.55 Å². The molecule has 2 aromatic carbocycles. The van der Waals surface area contributed by atoms with Gasteiger partial charge in [-0.2, -0.15) is 13.2 Å². The van der Waals surface area contributed by atoms with Crippen LogP contribution >= 0.6 is 0 Å². The molecule has 0 bridgehead atoms. The van der Waals surface area contributed by atoms with E-state index in [2.05, 4.69) is 10.1 Å². The van der Waals surface area contributed by atoms with Gasteiger partial charge in [0, 0.05) is 5.69 Å². The molecule has 3 rings (SSSR count). The average molecular weight is 378 g/mol. The van der Waals surface area contributed by atoms with Gasteiger partial charge in [0.1, 0.15) is 25.2 Å². The predicted molar refractivity (Wildman–Crippen MR) is 95.5 cm³/mol. The Morgan fingerprint density at radius 3 is 2.78 bits per heavy atom. The van der Waals surface area contributed by atoms with E-state index < -0.39 is 11.7 Å². The number of anilines is 1. The predicted octanol–water partition coefficient (Wildman–Crippen LogP) is 3.72. The molecule has 0 fully saturated rings. The van der Waals surface area contributed by atoms with E-state index >= 15 is 0 Å². The van der Waals surface area contributed by atoms with Crippen LogP contribution in [0.2, 0.25) is 0 Å². The van der Waals surface area contributed by atoms with Crippen LogP contribution in [-0.2, 0) is 17.6 Å². The number of hydrogen-bond acceptors (Lipinski definition) is 5. The highest BCUT2D eigenvalue weighted by molar-refractivity contribution is 5.87. The Morgan fingerprint density at radius 1 is 1.22 bits per heavy atom. The van der Waals surface area contributed by atoms with E-state index in [0.29, 0.717) is 17.9 Å². The van der Waals surface area contributed by atoms with Crippen molar-refractivity contribution in [3.05, 3.63) is 54.4 Å². The molecule has 3 aromatic rings. The van der Waals surface area contributed by atoms with Crippen molar-refractivity contribution in [2.75, 3.05) is 19.5 Å². The maximum atomic E-state index is 12.8. The van der Waals surface area contributed by atoms with Crippen molar-refractivity contribution in [1.29, 1.82) is 0 Å². The maximum absolute atomic E-state index is 12.8. The first-order valence-electron chi connectivity index (χ1n) is 7.96. The fourth-order valence-electron chi connectivity index (χ4n) is 2.56. The summed E-state index contributed by atoms with van der Waals surface area (Å²) in [6, 6.07) is 10.0. The van der Waals surface area contributed by atoms with Crippen molar-refractivity contribution in [3.63, 3.8) is 0 Å². The summed E-state index contributed by atoms with van der Waals surface area (Å²) in [7, 11) is 1.39. The Balaban J connectivity index is 1.74. The third kappa shape index (κ3) is 4.49. The fraction of sp³-hybridized carbons (Fsp3) is 0.222. The zero-order valence-corrected chi connectivity index (χ0v) is 14.4. The lowest BCUT2D eigenvalue weighted by molar-refractivity contribution is -0.137. The minimum absolute atomic E-state index is 0.0379. The zero-order chi connectivity index (χ0) is 19.4. The number of oxime groups is 1. The number of fused-ring (bicyclic) bond motifs is 1. The summed E-state index contributed by atoms with van der Waals surface area (Å²) in [5, 5.41) is 3.91. The number of rotatable bonds is 6. The average Bonchev–Trinajstić information content (AvgIpc) is 3.01. The number of imidazole rings is 1. The Labute approximate surface area is 153 Å². The molecule has 0 unspecified atom stereocenters. The van der Waals surface area contributed by atoms with Crippen LogP contribution in [0.5, 0.6) is 5.75 Å². The van der Waals surface area contributed by atoms with Gasteiger partial charge in [-0.3, -0.25) is 0 Å². The van der Waals surface area contributed by atoms with E-state index in [1.807, 2.05) is 10.6 Å². The highest BCUT2D eigenvalue weighted by Gasteiger charge is 2.30. The molecule has 0 amide bonds. The van der Waals surface area contributed by atoms with E-state index in [4.69, 9.17) is 15.3 Å². The van der Waals surface area contributed by atoms with E-state index in [0.717, 1.165) is 23.2 Å². The number of benzene rings is 2. The summed E-state index contributed by atoms with van der Waals surface area (Å²) in [5.74, 6) is 0.0943. The van der Waals surface area contributed by atoms with E-state index in [1.165, 1.54) is 19.2 Å². The molecule has 2 N–H and O–H groups in total. The molecule has 1 heterocycles. The minimum Gasteiger partial charge on any atom is -0.487 e. The van der Waals surface area contributed by atoms with Gasteiger partial charge in [0.15, 0.2) is 0 Å². The number of halogens is 3. The van der Waals surface area contributed by atoms with Gasteiger partial charge in [0.25, 0.3) is 0 Å². The third-order valence-corrected chi connectivity index (χ3v) is 3.79. The Morgan fingerprint density at radius 2 is 2.04 bits per heavy atom. The highest BCUT2D eigenvalue weighted by Crippen LogP contribution is 2.31. The van der Waals surface area contributed by atoms with Crippen LogP contribution in [0.25, 0.3) is 11.0 Å². The minimum atomic E-state index is -4.43. The summed E-state index contributed by atoms with van der Waals surface area (Å²) in [6.07, 6.45) is -2.81. The number of nitrogen functional groups attached to an aromatic ring is 1. The van der Waals surface area contributed by atoms with Crippen molar-refractivity contribution < 1.29 is 22.7 Å². The molecule has 6 nitrogen and oxygen atoms in total. The lowest BCUT2D eigenvalue weighted by atomic mass is 10.2. The largest absolute Gasteiger partial charge is 0.487 e. The number of hydrogen-bond donors (Lipinski definition) is 1. The molecule has 0 saturated heterocycles. The molecule has 0 aliphatic rings. The summed E-state index contributed by atoms with van der Waals surface area (Å²) in [6.45, 7) is 0.261. The molecule has 0 spiro atoms. The molecule has 0 saturated carbocycles. The second kappa shape index (κ2) is 7.56. The van der Waals surface area contributed by atoms with E-state index in [-0.39, 0.29) is 12.4 Å². The second-order valence-corrected chi connectivity index (χ2v) is 5.77.